The molecule has 1 N–H and O–H groups in total. The van der Waals surface area contributed by atoms with Crippen molar-refractivity contribution in [3.63, 3.8) is 0 Å². The lowest BCUT2D eigenvalue weighted by Crippen LogP contribution is -2.36. The number of aliphatic imine (C=N–C) groups is 2. The van der Waals surface area contributed by atoms with E-state index in [9.17, 15) is 4.79 Å². The number of hydrogen-bond acceptors (Lipinski definition) is 4. The van der Waals surface area contributed by atoms with Crippen molar-refractivity contribution in [3.05, 3.63) is 80.3 Å². The van der Waals surface area contributed by atoms with Gasteiger partial charge in [-0.2, -0.15) is 0 Å². The van der Waals surface area contributed by atoms with Crippen molar-refractivity contribution in [2.24, 2.45) is 9.98 Å². The van der Waals surface area contributed by atoms with Crippen molar-refractivity contribution in [2.45, 2.75) is 30.9 Å². The number of rotatable bonds is 5. The molecule has 1 amide bonds. The van der Waals surface area contributed by atoms with E-state index in [1.54, 1.807) is 12.1 Å². The van der Waals surface area contributed by atoms with Crippen molar-refractivity contribution in [3.8, 4) is 0 Å². The first-order chi connectivity index (χ1) is 16.2. The monoisotopic (exact) mass is 530 g/mol. The van der Waals surface area contributed by atoms with Gasteiger partial charge in [0.2, 0.25) is 0 Å². The van der Waals surface area contributed by atoms with E-state index in [1.807, 2.05) is 51.1 Å². The maximum Gasteiger partial charge on any atom is 0.267 e. The van der Waals surface area contributed by atoms with Gasteiger partial charge in [0.05, 0.1) is 26.4 Å². The summed E-state index contributed by atoms with van der Waals surface area (Å²) >= 11 is 20.8. The number of anilines is 1. The molecule has 1 atom stereocenters. The van der Waals surface area contributed by atoms with Gasteiger partial charge in [-0.25, -0.2) is 10.0 Å². The predicted molar refractivity (Wildman–Crippen MR) is 145 cm³/mol. The van der Waals surface area contributed by atoms with Crippen LogP contribution in [0.2, 0.25) is 15.1 Å². The van der Waals surface area contributed by atoms with E-state index in [1.165, 1.54) is 16.8 Å². The lowest BCUT2D eigenvalue weighted by molar-refractivity contribution is -0.116. The fourth-order valence-corrected chi connectivity index (χ4v) is 5.58. The normalized spacial score (nSPS) is 16.8. The summed E-state index contributed by atoms with van der Waals surface area (Å²) in [6.07, 6.45) is 0. The van der Waals surface area contributed by atoms with E-state index in [2.05, 4.69) is 23.2 Å². The SMILES string of the molecule is C=Nc1cc(Cl)c(N2NC(=Nc3ccc(C)cc3Cl)C(Sc3cc(C)ccc3C)C2=O)c(Cl)c1. The Hall–Kier alpha value is -2.51. The molecule has 0 saturated carbocycles. The van der Waals surface area contributed by atoms with Crippen LogP contribution in [0.25, 0.3) is 0 Å². The summed E-state index contributed by atoms with van der Waals surface area (Å²) in [5.74, 6) is 0.177. The van der Waals surface area contributed by atoms with Gasteiger partial charge in [0.1, 0.15) is 16.8 Å². The van der Waals surface area contributed by atoms with E-state index in [0.717, 1.165) is 21.6 Å². The number of nitrogens with zero attached hydrogens (tertiary/aromatic N) is 3. The molecule has 5 nitrogen and oxygen atoms in total. The summed E-state index contributed by atoms with van der Waals surface area (Å²) in [7, 11) is 0. The summed E-state index contributed by atoms with van der Waals surface area (Å²) in [5, 5.41) is 1.69. The molecule has 0 aromatic heterocycles. The van der Waals surface area contributed by atoms with Gasteiger partial charge in [0, 0.05) is 4.90 Å². The van der Waals surface area contributed by atoms with Crippen LogP contribution in [0, 0.1) is 20.8 Å². The molecule has 1 saturated heterocycles. The minimum absolute atomic E-state index is 0.254. The number of amides is 1. The molecule has 4 rings (SSSR count). The largest absolute Gasteiger partial charge is 0.276 e. The second kappa shape index (κ2) is 10.0. The van der Waals surface area contributed by atoms with E-state index in [4.69, 9.17) is 39.8 Å². The van der Waals surface area contributed by atoms with Gasteiger partial charge in [0.15, 0.2) is 0 Å². The molecule has 1 heterocycles. The number of hydrogen-bond donors (Lipinski definition) is 1. The first-order valence-electron chi connectivity index (χ1n) is 10.3. The van der Waals surface area contributed by atoms with Gasteiger partial charge in [-0.05, 0) is 68.9 Å². The summed E-state index contributed by atoms with van der Waals surface area (Å²) < 4.78 is 0. The van der Waals surface area contributed by atoms with Gasteiger partial charge >= 0.3 is 0 Å². The second-order valence-corrected chi connectivity index (χ2v) is 10.3. The molecule has 34 heavy (non-hydrogen) atoms. The zero-order valence-electron chi connectivity index (χ0n) is 18.7. The van der Waals surface area contributed by atoms with Gasteiger partial charge in [-0.15, -0.1) is 11.8 Å². The van der Waals surface area contributed by atoms with Crippen LogP contribution in [-0.4, -0.2) is 23.7 Å². The smallest absolute Gasteiger partial charge is 0.267 e. The summed E-state index contributed by atoms with van der Waals surface area (Å²) in [4.78, 5) is 23.3. The Bertz CT molecular complexity index is 1320. The quantitative estimate of drug-likeness (QED) is 0.344. The third kappa shape index (κ3) is 4.96. The molecular formula is C25H21Cl3N4OS. The number of amidine groups is 1. The number of hydrazine groups is 1. The second-order valence-electron chi connectivity index (χ2n) is 7.92. The number of carbonyl (C=O) groups is 1. The van der Waals surface area contributed by atoms with Gasteiger partial charge < -0.3 is 0 Å². The van der Waals surface area contributed by atoms with Crippen molar-refractivity contribution >= 4 is 82.1 Å². The van der Waals surface area contributed by atoms with Crippen LogP contribution >= 0.6 is 46.6 Å². The Labute approximate surface area is 217 Å². The predicted octanol–water partition coefficient (Wildman–Crippen LogP) is 7.65. The Kier molecular flexibility index (Phi) is 7.24. The molecule has 0 aliphatic carbocycles. The number of carbonyl (C=O) groups excluding carboxylic acids is 1. The first kappa shape index (κ1) is 24.6. The van der Waals surface area contributed by atoms with Gasteiger partial charge in [-0.3, -0.25) is 15.2 Å². The molecule has 1 unspecified atom stereocenters. The zero-order valence-corrected chi connectivity index (χ0v) is 21.8. The highest BCUT2D eigenvalue weighted by Gasteiger charge is 2.41. The zero-order chi connectivity index (χ0) is 24.6. The minimum Gasteiger partial charge on any atom is -0.276 e. The van der Waals surface area contributed by atoms with E-state index < -0.39 is 5.25 Å². The Morgan fingerprint density at radius 2 is 1.59 bits per heavy atom. The molecule has 0 bridgehead atoms. The van der Waals surface area contributed by atoms with Crippen LogP contribution in [0.3, 0.4) is 0 Å². The Morgan fingerprint density at radius 1 is 0.941 bits per heavy atom. The molecular weight excluding hydrogens is 511 g/mol. The number of aryl methyl sites for hydroxylation is 3. The third-order valence-corrected chi connectivity index (χ3v) is 7.49. The van der Waals surface area contributed by atoms with E-state index in [0.29, 0.717) is 27.9 Å². The molecule has 9 heteroatoms. The van der Waals surface area contributed by atoms with E-state index in [-0.39, 0.29) is 16.0 Å². The Morgan fingerprint density at radius 3 is 2.24 bits per heavy atom. The number of halogens is 3. The molecule has 0 radical (unpaired) electrons. The fourth-order valence-electron chi connectivity index (χ4n) is 3.47. The average molecular weight is 532 g/mol. The number of benzene rings is 3. The summed E-state index contributed by atoms with van der Waals surface area (Å²) in [5.41, 5.74) is 7.67. The first-order valence-corrected chi connectivity index (χ1v) is 12.3. The van der Waals surface area contributed by atoms with Crippen LogP contribution in [0.15, 0.2) is 63.4 Å². The van der Waals surface area contributed by atoms with Crippen LogP contribution < -0.4 is 10.4 Å². The highest BCUT2D eigenvalue weighted by Crippen LogP contribution is 2.41. The molecule has 3 aromatic rings. The highest BCUT2D eigenvalue weighted by molar-refractivity contribution is 8.01. The number of nitrogens with one attached hydrogen (secondary N) is 1. The lowest BCUT2D eigenvalue weighted by atomic mass is 10.2. The maximum atomic E-state index is 13.7. The molecule has 0 spiro atoms. The van der Waals surface area contributed by atoms with Crippen molar-refractivity contribution in [2.75, 3.05) is 5.01 Å². The average Bonchev–Trinajstić information content (AvgIpc) is 3.07. The summed E-state index contributed by atoms with van der Waals surface area (Å²) in [6.45, 7) is 9.48. The highest BCUT2D eigenvalue weighted by atomic mass is 35.5. The van der Waals surface area contributed by atoms with Crippen molar-refractivity contribution < 1.29 is 4.79 Å². The summed E-state index contributed by atoms with van der Waals surface area (Å²) in [6, 6.07) is 14.9. The van der Waals surface area contributed by atoms with Gasteiger partial charge in [0.25, 0.3) is 5.91 Å². The number of thioether (sulfide) groups is 1. The standard InChI is InChI=1S/C25H21Cl3N4OS/c1-13-6-8-20(17(26)9-13)30-24-23(34-21-10-14(2)5-7-15(21)3)25(33)32(31-24)22-18(27)11-16(29-4)12-19(22)28/h5-12,23H,4H2,1-3H3,(H,30,31). The van der Waals surface area contributed by atoms with Crippen LogP contribution in [0.1, 0.15) is 16.7 Å². The van der Waals surface area contributed by atoms with Crippen LogP contribution in [-0.2, 0) is 4.79 Å². The Balaban J connectivity index is 1.81. The van der Waals surface area contributed by atoms with E-state index >= 15 is 0 Å². The van der Waals surface area contributed by atoms with Crippen molar-refractivity contribution in [1.29, 1.82) is 0 Å². The topological polar surface area (TPSA) is 57.1 Å². The van der Waals surface area contributed by atoms with Crippen LogP contribution in [0.4, 0.5) is 17.1 Å². The molecule has 1 aliphatic heterocycles. The molecule has 174 valence electrons. The molecule has 3 aromatic carbocycles. The minimum atomic E-state index is -0.665. The molecule has 1 fully saturated rings. The molecule has 1 aliphatic rings. The maximum absolute atomic E-state index is 13.7. The fraction of sp³-hybridized carbons (Fsp3) is 0.160. The van der Waals surface area contributed by atoms with Crippen LogP contribution in [0.5, 0.6) is 0 Å². The third-order valence-electron chi connectivity index (χ3n) is 5.26. The van der Waals surface area contributed by atoms with Crippen molar-refractivity contribution in [1.82, 2.24) is 5.43 Å². The van der Waals surface area contributed by atoms with Gasteiger partial charge in [-0.1, -0.05) is 58.6 Å². The lowest BCUT2D eigenvalue weighted by Gasteiger charge is -2.19.